The standard InChI is InChI=1S/C5H5N.3ClH.Fe/c1-2-4-6-5-3-1;;;;/h1-5H;3*1H;/q;;;;+3/p-3. The Labute approximate surface area is 76.9 Å². The summed E-state index contributed by atoms with van der Waals surface area (Å²) in [7, 11) is 14.7. The van der Waals surface area contributed by atoms with E-state index in [4.69, 9.17) is 30.3 Å². The molecule has 0 aliphatic carbocycles. The Morgan fingerprint density at radius 2 is 1.30 bits per heavy atom. The predicted octanol–water partition coefficient (Wildman–Crippen LogP) is 3.15. The summed E-state index contributed by atoms with van der Waals surface area (Å²) in [5.41, 5.74) is 0. The van der Waals surface area contributed by atoms with E-state index in [1.165, 1.54) is 0 Å². The number of halogens is 3. The van der Waals surface area contributed by atoms with Crippen LogP contribution in [-0.2, 0) is 11.2 Å². The molecule has 0 spiro atoms. The Hall–Kier alpha value is 0.539. The van der Waals surface area contributed by atoms with E-state index in [0.717, 1.165) is 0 Å². The molecular formula is C5H5Cl3FeN. The summed E-state index contributed by atoms with van der Waals surface area (Å²) in [4.78, 5) is 3.78. The van der Waals surface area contributed by atoms with Gasteiger partial charge in [0.15, 0.2) is 0 Å². The van der Waals surface area contributed by atoms with Gasteiger partial charge in [-0.05, 0) is 12.1 Å². The van der Waals surface area contributed by atoms with Gasteiger partial charge in [0.2, 0.25) is 0 Å². The maximum Gasteiger partial charge on any atom is 0.0267 e. The Kier molecular flexibility index (Phi) is 8.06. The molecule has 0 atom stereocenters. The van der Waals surface area contributed by atoms with E-state index in [9.17, 15) is 0 Å². The molecule has 59 valence electrons. The summed E-state index contributed by atoms with van der Waals surface area (Å²) < 4.78 is 0. The number of rotatable bonds is 0. The molecule has 0 saturated carbocycles. The van der Waals surface area contributed by atoms with Gasteiger partial charge in [0.1, 0.15) is 0 Å². The van der Waals surface area contributed by atoms with Crippen molar-refractivity contribution in [3.8, 4) is 0 Å². The molecule has 0 amide bonds. The molecular weight excluding hydrogens is 236 g/mol. The first kappa shape index (κ1) is 10.5. The molecule has 0 radical (unpaired) electrons. The average Bonchev–Trinajstić information content (AvgIpc) is 1.90. The first-order chi connectivity index (χ1) is 4.73. The van der Waals surface area contributed by atoms with Gasteiger partial charge in [-0.3, -0.25) is 4.98 Å². The average molecular weight is 241 g/mol. The van der Waals surface area contributed by atoms with Crippen LogP contribution in [0.2, 0.25) is 0 Å². The topological polar surface area (TPSA) is 12.9 Å². The maximum absolute atomic E-state index is 4.89. The van der Waals surface area contributed by atoms with Crippen LogP contribution in [0.5, 0.6) is 0 Å². The van der Waals surface area contributed by atoms with Gasteiger partial charge < -0.3 is 0 Å². The van der Waals surface area contributed by atoms with Crippen molar-refractivity contribution in [1.82, 2.24) is 4.98 Å². The van der Waals surface area contributed by atoms with Crippen molar-refractivity contribution in [2.45, 2.75) is 0 Å². The van der Waals surface area contributed by atoms with Crippen molar-refractivity contribution in [3.63, 3.8) is 0 Å². The molecule has 10 heavy (non-hydrogen) atoms. The minimum atomic E-state index is -1.33. The van der Waals surface area contributed by atoms with E-state index in [1.807, 2.05) is 18.2 Å². The minimum absolute atomic E-state index is 1.33. The minimum Gasteiger partial charge on any atom is -0.265 e. The molecule has 0 fully saturated rings. The van der Waals surface area contributed by atoms with Crippen LogP contribution in [0.25, 0.3) is 0 Å². The molecule has 1 aromatic heterocycles. The third-order valence-electron chi connectivity index (χ3n) is 0.566. The molecule has 1 nitrogen and oxygen atoms in total. The van der Waals surface area contributed by atoms with Gasteiger partial charge in [-0.1, -0.05) is 6.07 Å². The monoisotopic (exact) mass is 240 g/mol. The van der Waals surface area contributed by atoms with Gasteiger partial charge in [-0.2, -0.15) is 0 Å². The van der Waals surface area contributed by atoms with E-state index in [-0.39, 0.29) is 0 Å². The fourth-order valence-electron chi connectivity index (χ4n) is 0.313. The molecule has 0 aliphatic rings. The van der Waals surface area contributed by atoms with Gasteiger partial charge in [0.05, 0.1) is 0 Å². The Bertz CT molecular complexity index is 117. The van der Waals surface area contributed by atoms with Crippen LogP contribution in [0, 0.1) is 0 Å². The first-order valence-corrected chi connectivity index (χ1v) is 6.81. The summed E-state index contributed by atoms with van der Waals surface area (Å²) in [6.45, 7) is 0. The molecule has 1 aromatic rings. The predicted molar refractivity (Wildman–Crippen MR) is 41.8 cm³/mol. The maximum atomic E-state index is 4.89. The van der Waals surface area contributed by atoms with E-state index in [0.29, 0.717) is 0 Å². The number of hydrogen-bond donors (Lipinski definition) is 0. The SMILES string of the molecule is [Cl][Fe]([Cl])[Cl].c1ccncc1. The van der Waals surface area contributed by atoms with E-state index >= 15 is 0 Å². The third-order valence-corrected chi connectivity index (χ3v) is 0.566. The van der Waals surface area contributed by atoms with Crippen LogP contribution in [-0.4, -0.2) is 4.98 Å². The van der Waals surface area contributed by atoms with Crippen molar-refractivity contribution in [2.75, 3.05) is 0 Å². The number of aromatic nitrogens is 1. The summed E-state index contributed by atoms with van der Waals surface area (Å²) in [5.74, 6) is 0. The molecule has 0 bridgehead atoms. The molecule has 0 saturated heterocycles. The first-order valence-electron chi connectivity index (χ1n) is 2.25. The molecule has 0 aromatic carbocycles. The third kappa shape index (κ3) is 11.4. The zero-order chi connectivity index (χ0) is 7.82. The molecule has 0 N–H and O–H groups in total. The zero-order valence-corrected chi connectivity index (χ0v) is 8.19. The van der Waals surface area contributed by atoms with E-state index in [1.54, 1.807) is 12.4 Å². The van der Waals surface area contributed by atoms with Gasteiger partial charge in [0, 0.05) is 12.4 Å². The largest absolute Gasteiger partial charge is 0.265 e. The van der Waals surface area contributed by atoms with Crippen molar-refractivity contribution >= 4 is 30.3 Å². The van der Waals surface area contributed by atoms with Crippen molar-refractivity contribution in [2.24, 2.45) is 0 Å². The fraction of sp³-hybridized carbons (Fsp3) is 0. The summed E-state index contributed by atoms with van der Waals surface area (Å²) in [5, 5.41) is 0. The van der Waals surface area contributed by atoms with E-state index < -0.39 is 11.2 Å². The van der Waals surface area contributed by atoms with Gasteiger partial charge in [-0.15, -0.1) is 0 Å². The molecule has 1 rings (SSSR count). The van der Waals surface area contributed by atoms with Crippen LogP contribution in [0.1, 0.15) is 0 Å². The second-order valence-corrected chi connectivity index (χ2v) is 6.65. The normalized spacial score (nSPS) is 9.30. The smallest absolute Gasteiger partial charge is 0.0267 e. The van der Waals surface area contributed by atoms with Gasteiger partial charge in [0.25, 0.3) is 0 Å². The van der Waals surface area contributed by atoms with Crippen molar-refractivity contribution in [3.05, 3.63) is 30.6 Å². The van der Waals surface area contributed by atoms with Crippen LogP contribution >= 0.6 is 30.3 Å². The van der Waals surface area contributed by atoms with Crippen molar-refractivity contribution < 1.29 is 11.2 Å². The van der Waals surface area contributed by atoms with E-state index in [2.05, 4.69) is 4.98 Å². The van der Waals surface area contributed by atoms with Crippen molar-refractivity contribution in [1.29, 1.82) is 0 Å². The van der Waals surface area contributed by atoms with Crippen LogP contribution in [0.15, 0.2) is 30.6 Å². The second-order valence-electron chi connectivity index (χ2n) is 1.18. The fourth-order valence-corrected chi connectivity index (χ4v) is 0.313. The summed E-state index contributed by atoms with van der Waals surface area (Å²) in [6, 6.07) is 5.72. The Balaban J connectivity index is 0.000000180. The number of hydrogen-bond acceptors (Lipinski definition) is 1. The molecule has 5 heteroatoms. The molecule has 0 aliphatic heterocycles. The van der Waals surface area contributed by atoms with Crippen LogP contribution in [0.4, 0.5) is 0 Å². The second kappa shape index (κ2) is 7.64. The number of pyridine rings is 1. The molecule has 1 heterocycles. The van der Waals surface area contributed by atoms with Gasteiger partial charge >= 0.3 is 41.5 Å². The zero-order valence-electron chi connectivity index (χ0n) is 4.82. The quantitative estimate of drug-likeness (QED) is 0.636. The van der Waals surface area contributed by atoms with Gasteiger partial charge in [-0.25, -0.2) is 0 Å². The van der Waals surface area contributed by atoms with Crippen LogP contribution < -0.4 is 0 Å². The summed E-state index contributed by atoms with van der Waals surface area (Å²) >= 11 is -1.33. The number of nitrogens with zero attached hydrogens (tertiary/aromatic N) is 1. The summed E-state index contributed by atoms with van der Waals surface area (Å²) in [6.07, 6.45) is 3.50. The Morgan fingerprint density at radius 1 is 0.900 bits per heavy atom. The van der Waals surface area contributed by atoms with Crippen LogP contribution in [0.3, 0.4) is 0 Å². The Morgan fingerprint density at radius 3 is 1.40 bits per heavy atom. The molecule has 0 unspecified atom stereocenters.